The number of hydrogen-bond donors (Lipinski definition) is 0. The lowest BCUT2D eigenvalue weighted by Crippen LogP contribution is -1.86. The van der Waals surface area contributed by atoms with Crippen molar-refractivity contribution < 1.29 is 9.47 Å². The lowest BCUT2D eigenvalue weighted by Gasteiger charge is -2.01. The highest BCUT2D eigenvalue weighted by Gasteiger charge is 2.03. The van der Waals surface area contributed by atoms with E-state index in [1.807, 2.05) is 0 Å². The summed E-state index contributed by atoms with van der Waals surface area (Å²) in [5.74, 6) is 0.111. The first kappa shape index (κ1) is 7.72. The maximum atomic E-state index is 11.8. The monoisotopic (exact) mass is 153 g/mol. The molecule has 0 spiro atoms. The van der Waals surface area contributed by atoms with E-state index in [9.17, 15) is 4.53 Å². The van der Waals surface area contributed by atoms with Gasteiger partial charge in [-0.3, -0.25) is 9.93 Å². The van der Waals surface area contributed by atoms with E-state index in [1.54, 1.807) is 19.2 Å². The molecule has 0 aromatic carbocycles. The van der Waals surface area contributed by atoms with Crippen LogP contribution in [0.5, 0.6) is 5.75 Å². The van der Waals surface area contributed by atoms with Gasteiger partial charge in [0.2, 0.25) is 0 Å². The molecule has 2 nitrogen and oxygen atoms in total. The van der Waals surface area contributed by atoms with Crippen LogP contribution >= 0.6 is 0 Å². The molecule has 0 unspecified atom stereocenters. The second kappa shape index (κ2) is 3.14. The van der Waals surface area contributed by atoms with Crippen molar-refractivity contribution in [1.82, 2.24) is 4.98 Å². The Balaban J connectivity index is 3.12. The van der Waals surface area contributed by atoms with Crippen molar-refractivity contribution in [3.8, 4) is 5.75 Å². The molecule has 0 fully saturated rings. The van der Waals surface area contributed by atoms with Gasteiger partial charge in [0.05, 0.1) is 6.20 Å². The van der Waals surface area contributed by atoms with Gasteiger partial charge in [-0.1, -0.05) is 6.58 Å². The van der Waals surface area contributed by atoms with E-state index in [1.165, 1.54) is 6.20 Å². The predicted octanol–water partition coefficient (Wildman–Crippen LogP) is 2.38. The predicted molar refractivity (Wildman–Crippen MR) is 40.7 cm³/mol. The topological polar surface area (TPSA) is 22.1 Å². The summed E-state index contributed by atoms with van der Waals surface area (Å²) in [6, 6.07) is 1.65. The smallest absolute Gasteiger partial charge is 0.197 e. The molecule has 0 radical (unpaired) electrons. The first-order valence-corrected chi connectivity index (χ1v) is 3.14. The average molecular weight is 153 g/mol. The highest BCUT2D eigenvalue weighted by Crippen LogP contribution is 2.22. The maximum Gasteiger partial charge on any atom is 0.197 e. The van der Waals surface area contributed by atoms with Gasteiger partial charge < -0.3 is 0 Å². The van der Waals surface area contributed by atoms with Crippen LogP contribution in [0, 0.1) is 0 Å². The summed E-state index contributed by atoms with van der Waals surface area (Å²) in [6.07, 6.45) is 2.87. The zero-order valence-electron chi connectivity index (χ0n) is 6.17. The van der Waals surface area contributed by atoms with Crippen LogP contribution in [0.15, 0.2) is 25.0 Å². The van der Waals surface area contributed by atoms with E-state index in [0.29, 0.717) is 5.56 Å². The summed E-state index contributed by atoms with van der Waals surface area (Å²) in [4.78, 5) is 7.28. The molecule has 1 heterocycles. The third kappa shape index (κ3) is 1.55. The molecule has 1 rings (SSSR count). The lowest BCUT2D eigenvalue weighted by atomic mass is 10.1. The third-order valence-corrected chi connectivity index (χ3v) is 1.33. The van der Waals surface area contributed by atoms with Crippen molar-refractivity contribution in [2.75, 3.05) is 0 Å². The van der Waals surface area contributed by atoms with Crippen LogP contribution in [0.25, 0.3) is 5.57 Å². The molecule has 0 N–H and O–H groups in total. The summed E-state index contributed by atoms with van der Waals surface area (Å²) >= 11 is 0. The van der Waals surface area contributed by atoms with Gasteiger partial charge in [-0.2, -0.15) is 0 Å². The maximum absolute atomic E-state index is 11.8. The van der Waals surface area contributed by atoms with Gasteiger partial charge in [-0.25, -0.2) is 0 Å². The van der Waals surface area contributed by atoms with Crippen molar-refractivity contribution in [3.63, 3.8) is 0 Å². The normalized spacial score (nSPS) is 9.27. The number of nitrogens with zero attached hydrogens (tertiary/aromatic N) is 1. The van der Waals surface area contributed by atoms with Gasteiger partial charge in [-0.05, 0) is 18.6 Å². The summed E-state index contributed by atoms with van der Waals surface area (Å²) in [7, 11) is 0. The molecule has 0 aliphatic heterocycles. The summed E-state index contributed by atoms with van der Waals surface area (Å²) < 4.78 is 11.8. The number of aromatic nitrogens is 1. The Labute approximate surface area is 64.2 Å². The largest absolute Gasteiger partial charge is 0.292 e. The van der Waals surface area contributed by atoms with Crippen molar-refractivity contribution >= 4 is 5.57 Å². The lowest BCUT2D eigenvalue weighted by molar-refractivity contribution is -0.00696. The number of rotatable bonds is 2. The molecule has 0 bridgehead atoms. The Kier molecular flexibility index (Phi) is 2.21. The van der Waals surface area contributed by atoms with Crippen molar-refractivity contribution in [2.45, 2.75) is 6.92 Å². The van der Waals surface area contributed by atoms with Crippen molar-refractivity contribution in [2.24, 2.45) is 0 Å². The minimum Gasteiger partial charge on any atom is -0.292 e. The average Bonchev–Trinajstić information content (AvgIpc) is 2.04. The molecule has 1 aromatic rings. The van der Waals surface area contributed by atoms with E-state index >= 15 is 0 Å². The molecule has 1 aromatic heterocycles. The number of hydrogen-bond acceptors (Lipinski definition) is 2. The summed E-state index contributed by atoms with van der Waals surface area (Å²) in [5, 5.41) is 0. The van der Waals surface area contributed by atoms with Crippen LogP contribution in [-0.4, -0.2) is 4.98 Å². The first-order chi connectivity index (χ1) is 5.25. The summed E-state index contributed by atoms with van der Waals surface area (Å²) in [6.45, 7) is 5.44. The highest BCUT2D eigenvalue weighted by atomic mass is 19.3. The fraction of sp³-hybridized carbons (Fsp3) is 0.125. The first-order valence-electron chi connectivity index (χ1n) is 3.14. The Hall–Kier alpha value is -1.38. The second-order valence-electron chi connectivity index (χ2n) is 2.23. The molecule has 0 saturated heterocycles. The molecular formula is C8H8FNO. The standard InChI is InChI=1S/C8H8FNO/c1-6(2)7-3-4-10-5-8(7)11-9/h3-5H,1H2,2H3. The van der Waals surface area contributed by atoms with Crippen LogP contribution in [0.1, 0.15) is 12.5 Å². The van der Waals surface area contributed by atoms with Crippen LogP contribution in [0.3, 0.4) is 0 Å². The zero-order valence-corrected chi connectivity index (χ0v) is 6.17. The Morgan fingerprint density at radius 1 is 1.73 bits per heavy atom. The van der Waals surface area contributed by atoms with E-state index in [4.69, 9.17) is 0 Å². The van der Waals surface area contributed by atoms with Gasteiger partial charge in [-0.15, -0.1) is 0 Å². The fourth-order valence-electron chi connectivity index (χ4n) is 0.794. The molecule has 0 aliphatic rings. The van der Waals surface area contributed by atoms with Gasteiger partial charge >= 0.3 is 0 Å². The van der Waals surface area contributed by atoms with E-state index < -0.39 is 0 Å². The molecular weight excluding hydrogens is 145 g/mol. The van der Waals surface area contributed by atoms with Crippen molar-refractivity contribution in [3.05, 3.63) is 30.6 Å². The van der Waals surface area contributed by atoms with Crippen LogP contribution in [0.4, 0.5) is 4.53 Å². The summed E-state index contributed by atoms with van der Waals surface area (Å²) in [5.41, 5.74) is 1.39. The zero-order chi connectivity index (χ0) is 8.27. The SMILES string of the molecule is C=C(C)c1ccncc1OF. The highest BCUT2D eigenvalue weighted by molar-refractivity contribution is 5.66. The van der Waals surface area contributed by atoms with Gasteiger partial charge in [0.25, 0.3) is 0 Å². The molecule has 0 saturated carbocycles. The fourth-order valence-corrected chi connectivity index (χ4v) is 0.794. The van der Waals surface area contributed by atoms with Crippen LogP contribution in [0.2, 0.25) is 0 Å². The minimum atomic E-state index is 0.111. The van der Waals surface area contributed by atoms with E-state index in [0.717, 1.165) is 5.57 Å². The third-order valence-electron chi connectivity index (χ3n) is 1.33. The van der Waals surface area contributed by atoms with Gasteiger partial charge in [0.15, 0.2) is 5.75 Å². The van der Waals surface area contributed by atoms with E-state index in [-0.39, 0.29) is 5.75 Å². The van der Waals surface area contributed by atoms with Gasteiger partial charge in [0, 0.05) is 16.3 Å². The molecule has 0 amide bonds. The Bertz CT molecular complexity index is 273. The van der Waals surface area contributed by atoms with E-state index in [2.05, 4.69) is 16.5 Å². The minimum absolute atomic E-state index is 0.111. The van der Waals surface area contributed by atoms with Crippen LogP contribution < -0.4 is 4.94 Å². The Morgan fingerprint density at radius 3 is 2.91 bits per heavy atom. The van der Waals surface area contributed by atoms with Crippen molar-refractivity contribution in [1.29, 1.82) is 0 Å². The molecule has 0 aliphatic carbocycles. The molecule has 3 heteroatoms. The Morgan fingerprint density at radius 2 is 2.45 bits per heavy atom. The number of pyridine rings is 1. The van der Waals surface area contributed by atoms with Gasteiger partial charge in [0.1, 0.15) is 0 Å². The number of halogens is 1. The van der Waals surface area contributed by atoms with Crippen LogP contribution in [-0.2, 0) is 0 Å². The second-order valence-corrected chi connectivity index (χ2v) is 2.23. The molecule has 11 heavy (non-hydrogen) atoms. The number of allylic oxidation sites excluding steroid dienone is 1. The quantitative estimate of drug-likeness (QED) is 0.650. The molecule has 58 valence electrons. The molecule has 0 atom stereocenters.